The average Bonchev–Trinajstić information content (AvgIpc) is 3.48. The maximum atomic E-state index is 13.9. The zero-order chi connectivity index (χ0) is 28.8. The van der Waals surface area contributed by atoms with Crippen LogP contribution >= 0.6 is 0 Å². The molecule has 0 aliphatic carbocycles. The van der Waals surface area contributed by atoms with Gasteiger partial charge < -0.3 is 18.9 Å². The summed E-state index contributed by atoms with van der Waals surface area (Å²) in [6.45, 7) is 0.566. The monoisotopic (exact) mass is 560 g/mol. The largest absolute Gasteiger partial charge is 0.493 e. The summed E-state index contributed by atoms with van der Waals surface area (Å²) in [6, 6.07) is 22.0. The molecule has 212 valence electrons. The number of hydrogen-bond acceptors (Lipinski definition) is 7. The molecule has 0 bridgehead atoms. The summed E-state index contributed by atoms with van der Waals surface area (Å²) in [5.41, 5.74) is 1.76. The van der Waals surface area contributed by atoms with Crippen LogP contribution in [0.2, 0.25) is 0 Å². The fraction of sp³-hybridized carbons (Fsp3) is 0.258. The van der Waals surface area contributed by atoms with Crippen LogP contribution in [0.1, 0.15) is 12.6 Å². The molecular weight excluding hydrogens is 530 g/mol. The lowest BCUT2D eigenvalue weighted by molar-refractivity contribution is 0.144. The van der Waals surface area contributed by atoms with Crippen molar-refractivity contribution in [1.82, 2.24) is 19.7 Å². The Hall–Kier alpha value is -4.57. The predicted octanol–water partition coefficient (Wildman–Crippen LogP) is 6.51. The zero-order valence-corrected chi connectivity index (χ0v) is 23.0. The predicted molar refractivity (Wildman–Crippen MR) is 152 cm³/mol. The lowest BCUT2D eigenvalue weighted by Crippen LogP contribution is -2.28. The summed E-state index contributed by atoms with van der Waals surface area (Å²) in [5, 5.41) is 5.25. The molecule has 2 aromatic heterocycles. The van der Waals surface area contributed by atoms with Crippen LogP contribution < -0.4 is 14.2 Å². The van der Waals surface area contributed by atoms with Gasteiger partial charge in [-0.05, 0) is 43.3 Å². The van der Waals surface area contributed by atoms with Crippen LogP contribution in [0, 0.1) is 0 Å². The topological polar surface area (TPSA) is 80.5 Å². The minimum atomic E-state index is -1.35. The van der Waals surface area contributed by atoms with Gasteiger partial charge in [0.1, 0.15) is 32.0 Å². The summed E-state index contributed by atoms with van der Waals surface area (Å²) in [7, 11) is 3.16. The number of halogens is 2. The standard InChI is InChI=1S/C31H30F2N4O4/c1-31(18-32,19-33)29-17-26(37(36-29)22-9-5-4-6-10-22)21-8-7-11-23(14-21)41-30-24-15-27(39-3)28(40-13-12-38-2)16-25(24)34-20-35-30/h4-11,14-17,20H,12-13,18-19H2,1-3H3. The highest BCUT2D eigenvalue weighted by Gasteiger charge is 2.31. The minimum absolute atomic E-state index is 0.324. The molecule has 0 aliphatic rings. The van der Waals surface area contributed by atoms with Crippen molar-refractivity contribution in [2.75, 3.05) is 40.8 Å². The van der Waals surface area contributed by atoms with Gasteiger partial charge in [0, 0.05) is 18.7 Å². The molecule has 2 heterocycles. The second-order valence-electron chi connectivity index (χ2n) is 9.66. The number of nitrogens with zero attached hydrogens (tertiary/aromatic N) is 4. The molecule has 0 radical (unpaired) electrons. The third-order valence-electron chi connectivity index (χ3n) is 6.69. The van der Waals surface area contributed by atoms with Crippen molar-refractivity contribution in [3.8, 4) is 40.1 Å². The van der Waals surface area contributed by atoms with Gasteiger partial charge in [-0.3, -0.25) is 0 Å². The minimum Gasteiger partial charge on any atom is -0.493 e. The number of ether oxygens (including phenoxy) is 4. The highest BCUT2D eigenvalue weighted by Crippen LogP contribution is 2.37. The van der Waals surface area contributed by atoms with Crippen molar-refractivity contribution in [3.05, 3.63) is 84.8 Å². The number of para-hydroxylation sites is 1. The maximum Gasteiger partial charge on any atom is 0.230 e. The summed E-state index contributed by atoms with van der Waals surface area (Å²) in [6.07, 6.45) is 1.42. The first kappa shape index (κ1) is 28.0. The van der Waals surface area contributed by atoms with E-state index >= 15 is 0 Å². The molecule has 41 heavy (non-hydrogen) atoms. The van der Waals surface area contributed by atoms with E-state index in [4.69, 9.17) is 18.9 Å². The molecule has 5 aromatic rings. The Labute approximate surface area is 236 Å². The Morgan fingerprint density at radius 3 is 2.39 bits per heavy atom. The van der Waals surface area contributed by atoms with Gasteiger partial charge in [0.25, 0.3) is 0 Å². The van der Waals surface area contributed by atoms with E-state index in [1.807, 2.05) is 48.5 Å². The van der Waals surface area contributed by atoms with Gasteiger partial charge in [-0.1, -0.05) is 30.3 Å². The van der Waals surface area contributed by atoms with E-state index in [2.05, 4.69) is 15.1 Å². The van der Waals surface area contributed by atoms with E-state index in [1.165, 1.54) is 13.3 Å². The van der Waals surface area contributed by atoms with Gasteiger partial charge in [0.2, 0.25) is 5.88 Å². The molecule has 10 heteroatoms. The molecular formula is C31H30F2N4O4. The number of aromatic nitrogens is 4. The highest BCUT2D eigenvalue weighted by atomic mass is 19.1. The van der Waals surface area contributed by atoms with Gasteiger partial charge in [-0.2, -0.15) is 5.10 Å². The fourth-order valence-corrected chi connectivity index (χ4v) is 4.28. The van der Waals surface area contributed by atoms with E-state index in [0.717, 1.165) is 11.3 Å². The number of alkyl halides is 2. The van der Waals surface area contributed by atoms with Crippen LogP contribution in [0.5, 0.6) is 23.1 Å². The molecule has 3 aromatic carbocycles. The number of hydrogen-bond donors (Lipinski definition) is 0. The Morgan fingerprint density at radius 2 is 1.66 bits per heavy atom. The van der Waals surface area contributed by atoms with E-state index in [9.17, 15) is 8.78 Å². The zero-order valence-electron chi connectivity index (χ0n) is 23.0. The van der Waals surface area contributed by atoms with E-state index in [0.29, 0.717) is 58.6 Å². The molecule has 0 fully saturated rings. The van der Waals surface area contributed by atoms with E-state index in [-0.39, 0.29) is 0 Å². The van der Waals surface area contributed by atoms with Crippen LogP contribution in [0.3, 0.4) is 0 Å². The first-order chi connectivity index (χ1) is 20.0. The fourth-order valence-electron chi connectivity index (χ4n) is 4.28. The Bertz CT molecular complexity index is 1620. The van der Waals surface area contributed by atoms with Crippen LogP contribution in [0.25, 0.3) is 27.8 Å². The molecule has 0 saturated heterocycles. The molecule has 8 nitrogen and oxygen atoms in total. The van der Waals surface area contributed by atoms with Crippen LogP contribution in [-0.4, -0.2) is 60.5 Å². The first-order valence-corrected chi connectivity index (χ1v) is 13.0. The maximum absolute atomic E-state index is 13.9. The van der Waals surface area contributed by atoms with Crippen LogP contribution in [0.15, 0.2) is 79.1 Å². The van der Waals surface area contributed by atoms with Gasteiger partial charge in [0.05, 0.1) is 47.1 Å². The Kier molecular flexibility index (Phi) is 8.39. The molecule has 0 atom stereocenters. The number of benzene rings is 3. The number of methoxy groups -OCH3 is 2. The second-order valence-corrected chi connectivity index (χ2v) is 9.66. The normalized spacial score (nSPS) is 11.5. The van der Waals surface area contributed by atoms with Crippen molar-refractivity contribution in [2.24, 2.45) is 0 Å². The van der Waals surface area contributed by atoms with Gasteiger partial charge in [-0.15, -0.1) is 0 Å². The highest BCUT2D eigenvalue weighted by molar-refractivity contribution is 5.87. The first-order valence-electron chi connectivity index (χ1n) is 13.0. The molecule has 0 amide bonds. The van der Waals surface area contributed by atoms with Gasteiger partial charge in [-0.25, -0.2) is 23.4 Å². The molecule has 5 rings (SSSR count). The Balaban J connectivity index is 1.53. The van der Waals surface area contributed by atoms with E-state index < -0.39 is 18.8 Å². The molecule has 0 N–H and O–H groups in total. The second kappa shape index (κ2) is 12.3. The van der Waals surface area contributed by atoms with Gasteiger partial charge in [0.15, 0.2) is 11.5 Å². The van der Waals surface area contributed by atoms with Crippen molar-refractivity contribution in [3.63, 3.8) is 0 Å². The van der Waals surface area contributed by atoms with Crippen LogP contribution in [-0.2, 0) is 10.2 Å². The summed E-state index contributed by atoms with van der Waals surface area (Å²) in [5.74, 6) is 1.86. The smallest absolute Gasteiger partial charge is 0.230 e. The van der Waals surface area contributed by atoms with Crippen LogP contribution in [0.4, 0.5) is 8.78 Å². The Morgan fingerprint density at radius 1 is 0.854 bits per heavy atom. The third-order valence-corrected chi connectivity index (χ3v) is 6.69. The molecule has 0 unspecified atom stereocenters. The molecule has 0 aliphatic heterocycles. The summed E-state index contributed by atoms with van der Waals surface area (Å²) >= 11 is 0. The lowest BCUT2D eigenvalue weighted by atomic mass is 9.90. The quantitative estimate of drug-likeness (QED) is 0.161. The number of rotatable bonds is 12. The van der Waals surface area contributed by atoms with Crippen molar-refractivity contribution in [1.29, 1.82) is 0 Å². The summed E-state index contributed by atoms with van der Waals surface area (Å²) < 4.78 is 52.1. The van der Waals surface area contributed by atoms with Crippen molar-refractivity contribution >= 4 is 10.9 Å². The van der Waals surface area contributed by atoms with E-state index in [1.54, 1.807) is 43.2 Å². The lowest BCUT2D eigenvalue weighted by Gasteiger charge is -2.19. The molecule has 0 spiro atoms. The van der Waals surface area contributed by atoms with Gasteiger partial charge >= 0.3 is 0 Å². The molecule has 0 saturated carbocycles. The SMILES string of the molecule is COCCOc1cc2ncnc(Oc3cccc(-c4cc(C(C)(CF)CF)nn4-c4ccccc4)c3)c2cc1OC. The van der Waals surface area contributed by atoms with Crippen molar-refractivity contribution < 1.29 is 27.7 Å². The summed E-state index contributed by atoms with van der Waals surface area (Å²) in [4.78, 5) is 8.73. The number of fused-ring (bicyclic) bond motifs is 1. The average molecular weight is 561 g/mol. The van der Waals surface area contributed by atoms with Crippen molar-refractivity contribution in [2.45, 2.75) is 12.3 Å². The third kappa shape index (κ3) is 5.83.